The summed E-state index contributed by atoms with van der Waals surface area (Å²) in [5, 5.41) is 10.6. The van der Waals surface area contributed by atoms with E-state index in [1.807, 2.05) is 0 Å². The quantitative estimate of drug-likeness (QED) is 0.0169. The molecule has 0 aromatic rings. The fourth-order valence-electron chi connectivity index (χ4n) is 10.2. The van der Waals surface area contributed by atoms with E-state index in [0.29, 0.717) is 25.7 Å². The molecular formula is C74H136O17P2. The van der Waals surface area contributed by atoms with E-state index in [0.717, 1.165) is 134 Å². The van der Waals surface area contributed by atoms with Crippen LogP contribution in [0, 0.1) is 11.8 Å². The number of ether oxygens (including phenoxy) is 4. The van der Waals surface area contributed by atoms with Crippen molar-refractivity contribution < 1.29 is 80.2 Å². The number of hydrogen-bond donors (Lipinski definition) is 3. The maximum Gasteiger partial charge on any atom is 0.472 e. The van der Waals surface area contributed by atoms with Gasteiger partial charge in [0, 0.05) is 25.7 Å². The maximum atomic E-state index is 13.0. The average Bonchev–Trinajstić information content (AvgIpc) is 1.87. The van der Waals surface area contributed by atoms with E-state index in [1.165, 1.54) is 116 Å². The van der Waals surface area contributed by atoms with Crippen molar-refractivity contribution in [3.63, 3.8) is 0 Å². The van der Waals surface area contributed by atoms with Crippen molar-refractivity contribution in [2.45, 2.75) is 349 Å². The summed E-state index contributed by atoms with van der Waals surface area (Å²) in [6, 6.07) is 0. The molecule has 6 atom stereocenters. The second-order valence-electron chi connectivity index (χ2n) is 26.0. The van der Waals surface area contributed by atoms with E-state index in [4.69, 9.17) is 37.0 Å². The van der Waals surface area contributed by atoms with Gasteiger partial charge in [0.25, 0.3) is 0 Å². The van der Waals surface area contributed by atoms with Crippen LogP contribution in [0.1, 0.15) is 330 Å². The number of carbonyl (C=O) groups excluding carboxylic acids is 4. The van der Waals surface area contributed by atoms with Crippen LogP contribution in [-0.4, -0.2) is 96.7 Å². The molecule has 0 heterocycles. The van der Waals surface area contributed by atoms with Gasteiger partial charge in [0.05, 0.1) is 26.4 Å². The van der Waals surface area contributed by atoms with Gasteiger partial charge in [-0.3, -0.25) is 37.3 Å². The van der Waals surface area contributed by atoms with Crippen molar-refractivity contribution in [1.29, 1.82) is 0 Å². The highest BCUT2D eigenvalue weighted by Crippen LogP contribution is 2.45. The van der Waals surface area contributed by atoms with Gasteiger partial charge in [0.15, 0.2) is 12.2 Å². The lowest BCUT2D eigenvalue weighted by molar-refractivity contribution is -0.161. The van der Waals surface area contributed by atoms with Gasteiger partial charge in [0.1, 0.15) is 19.3 Å². The minimum absolute atomic E-state index is 0.0814. The molecule has 0 amide bonds. The highest BCUT2D eigenvalue weighted by Gasteiger charge is 2.30. The van der Waals surface area contributed by atoms with Crippen molar-refractivity contribution in [3.05, 3.63) is 48.6 Å². The number of phosphoric ester groups is 2. The third kappa shape index (κ3) is 66.1. The fraction of sp³-hybridized carbons (Fsp3) is 0.838. The zero-order valence-corrected chi connectivity index (χ0v) is 61.3. The van der Waals surface area contributed by atoms with Crippen LogP contribution in [0.5, 0.6) is 0 Å². The summed E-state index contributed by atoms with van der Waals surface area (Å²) in [6.45, 7) is 9.39. The molecule has 17 nitrogen and oxygen atoms in total. The molecule has 3 N–H and O–H groups in total. The summed E-state index contributed by atoms with van der Waals surface area (Å²) in [5.41, 5.74) is 0. The Bertz CT molecular complexity index is 1990. The topological polar surface area (TPSA) is 237 Å². The first kappa shape index (κ1) is 90.0. The summed E-state index contributed by atoms with van der Waals surface area (Å²) >= 11 is 0. The van der Waals surface area contributed by atoms with Crippen molar-refractivity contribution in [1.82, 2.24) is 0 Å². The van der Waals surface area contributed by atoms with Gasteiger partial charge in [0.2, 0.25) is 0 Å². The molecule has 93 heavy (non-hydrogen) atoms. The second kappa shape index (κ2) is 65.0. The van der Waals surface area contributed by atoms with Crippen LogP contribution < -0.4 is 0 Å². The largest absolute Gasteiger partial charge is 0.472 e. The molecule has 0 rings (SSSR count). The molecule has 19 heteroatoms. The summed E-state index contributed by atoms with van der Waals surface area (Å²) in [7, 11) is -9.93. The Kier molecular flexibility index (Phi) is 62.9. The van der Waals surface area contributed by atoms with E-state index in [9.17, 15) is 43.2 Å². The monoisotopic (exact) mass is 1360 g/mol. The Morgan fingerprint density at radius 3 is 0.957 bits per heavy atom. The number of hydrogen-bond acceptors (Lipinski definition) is 15. The fourth-order valence-corrected chi connectivity index (χ4v) is 11.8. The molecule has 0 aliphatic rings. The van der Waals surface area contributed by atoms with Gasteiger partial charge in [-0.2, -0.15) is 0 Å². The highest BCUT2D eigenvalue weighted by molar-refractivity contribution is 7.47. The lowest BCUT2D eigenvalue weighted by Crippen LogP contribution is -2.30. The minimum Gasteiger partial charge on any atom is -0.462 e. The lowest BCUT2D eigenvalue weighted by Gasteiger charge is -2.21. The van der Waals surface area contributed by atoms with E-state index in [-0.39, 0.29) is 25.7 Å². The van der Waals surface area contributed by atoms with E-state index < -0.39 is 97.5 Å². The maximum absolute atomic E-state index is 13.0. The minimum atomic E-state index is -4.97. The number of aliphatic hydroxyl groups is 1. The highest BCUT2D eigenvalue weighted by atomic mass is 31.2. The molecule has 0 radical (unpaired) electrons. The van der Waals surface area contributed by atoms with E-state index in [1.54, 1.807) is 0 Å². The predicted octanol–water partition coefficient (Wildman–Crippen LogP) is 20.7. The number of allylic oxidation sites excluding steroid dienone is 8. The predicted molar refractivity (Wildman–Crippen MR) is 376 cm³/mol. The molecule has 0 spiro atoms. The molecule has 544 valence electrons. The van der Waals surface area contributed by atoms with Crippen LogP contribution in [0.4, 0.5) is 0 Å². The standard InChI is InChI=1S/C74H136O17P2/c1-7-10-12-14-16-18-20-22-24-26-28-34-38-46-52-58-73(78)90-69(62-84-71(76)56-50-44-37-33-31-30-32-36-42-48-54-66(4)5)64-88-92(80,81)86-60-68(75)61-87-93(82,83)89-65-70(63-85-72(77)57-51-45-41-40-43-49-55-67(6)9-3)91-74(79)59-53-47-39-35-29-27-25-23-21-19-17-15-13-11-8-2/h18-25,66-70,75H,7-17,26-65H2,1-6H3,(H,80,81)(H,82,83)/b20-18-,21-19-,24-22-,25-23-/t67?,68-,69-,70-/m1/s1. The summed E-state index contributed by atoms with van der Waals surface area (Å²) in [4.78, 5) is 72.7. The molecule has 0 bridgehead atoms. The Hall–Kier alpha value is -2.98. The number of aliphatic hydroxyl groups excluding tert-OH is 1. The number of rotatable bonds is 69. The van der Waals surface area contributed by atoms with E-state index in [2.05, 4.69) is 90.2 Å². The van der Waals surface area contributed by atoms with Crippen LogP contribution >= 0.6 is 15.6 Å². The van der Waals surface area contributed by atoms with Crippen molar-refractivity contribution in [3.8, 4) is 0 Å². The molecule has 0 fully saturated rings. The van der Waals surface area contributed by atoms with Gasteiger partial charge in [-0.1, -0.05) is 276 Å². The molecule has 0 aliphatic carbocycles. The first-order valence-electron chi connectivity index (χ1n) is 37.2. The van der Waals surface area contributed by atoms with Crippen molar-refractivity contribution >= 4 is 39.5 Å². The van der Waals surface area contributed by atoms with E-state index >= 15 is 0 Å². The van der Waals surface area contributed by atoms with Crippen LogP contribution in [-0.2, 0) is 65.4 Å². The molecule has 0 saturated carbocycles. The first-order chi connectivity index (χ1) is 44.9. The molecule has 0 aromatic carbocycles. The number of esters is 4. The Balaban J connectivity index is 5.33. The van der Waals surface area contributed by atoms with Gasteiger partial charge < -0.3 is 33.8 Å². The van der Waals surface area contributed by atoms with Gasteiger partial charge in [-0.05, 0) is 88.9 Å². The third-order valence-corrected chi connectivity index (χ3v) is 18.2. The Labute approximate surface area is 566 Å². The molecule has 3 unspecified atom stereocenters. The van der Waals surface area contributed by atoms with Crippen molar-refractivity contribution in [2.75, 3.05) is 39.6 Å². The average molecular weight is 1360 g/mol. The van der Waals surface area contributed by atoms with Gasteiger partial charge in [-0.15, -0.1) is 0 Å². The number of phosphoric acid groups is 2. The first-order valence-corrected chi connectivity index (χ1v) is 40.2. The van der Waals surface area contributed by atoms with Gasteiger partial charge >= 0.3 is 39.5 Å². The van der Waals surface area contributed by atoms with Crippen molar-refractivity contribution in [2.24, 2.45) is 11.8 Å². The number of carbonyl (C=O) groups is 4. The molecule has 0 aliphatic heterocycles. The zero-order valence-electron chi connectivity index (χ0n) is 59.5. The number of unbranched alkanes of at least 4 members (excludes halogenated alkanes) is 32. The van der Waals surface area contributed by atoms with Crippen LogP contribution in [0.15, 0.2) is 48.6 Å². The zero-order chi connectivity index (χ0) is 68.6. The van der Waals surface area contributed by atoms with Crippen LogP contribution in [0.2, 0.25) is 0 Å². The molecule has 0 saturated heterocycles. The van der Waals surface area contributed by atoms with Gasteiger partial charge in [-0.25, -0.2) is 9.13 Å². The Morgan fingerprint density at radius 1 is 0.355 bits per heavy atom. The normalized spacial score (nSPS) is 14.7. The SMILES string of the molecule is CCCCCC/C=C\C=C/CCCCCCCC(=O)O[C@H](COC(=O)CCCCCCCCCCCCC(C)C)COP(=O)(O)OC[C@@H](O)COP(=O)(O)OC[C@@H](COC(=O)CCCCCCCCC(C)CC)OC(=O)CCCCCCC/C=C\C=C/CCCCCC. The summed E-state index contributed by atoms with van der Waals surface area (Å²) in [5.74, 6) is -0.702. The third-order valence-electron chi connectivity index (χ3n) is 16.3. The smallest absolute Gasteiger partial charge is 0.462 e. The summed E-state index contributed by atoms with van der Waals surface area (Å²) in [6.07, 6.45) is 57.1. The second-order valence-corrected chi connectivity index (χ2v) is 28.9. The van der Waals surface area contributed by atoms with Crippen LogP contribution in [0.25, 0.3) is 0 Å². The lowest BCUT2D eigenvalue weighted by atomic mass is 10.00. The van der Waals surface area contributed by atoms with Crippen LogP contribution in [0.3, 0.4) is 0 Å². The Morgan fingerprint density at radius 2 is 0.634 bits per heavy atom. The molecule has 0 aromatic heterocycles. The molecular weight excluding hydrogens is 1220 g/mol. The summed E-state index contributed by atoms with van der Waals surface area (Å²) < 4.78 is 68.3.